The zero-order chi connectivity index (χ0) is 19.6. The third-order valence-electron chi connectivity index (χ3n) is 2.98. The van der Waals surface area contributed by atoms with Crippen LogP contribution in [0.3, 0.4) is 0 Å². The Labute approximate surface area is 157 Å². The average molecular weight is 354 g/mol. The molecule has 0 saturated carbocycles. The molecule has 25 heavy (non-hydrogen) atoms. The smallest absolute Gasteiger partial charge is 0.410 e. The monoisotopic (exact) mass is 354 g/mol. The molecule has 1 rings (SSSR count). The normalized spacial score (nSPS) is 13.4. The van der Waals surface area contributed by atoms with Crippen LogP contribution in [0.4, 0.5) is 4.79 Å². The van der Waals surface area contributed by atoms with Crippen molar-refractivity contribution >= 4 is 54.3 Å². The van der Waals surface area contributed by atoms with Crippen LogP contribution in [-0.2, 0) is 10.1 Å². The first-order valence-electron chi connectivity index (χ1n) is 7.10. The van der Waals surface area contributed by atoms with E-state index in [2.05, 4.69) is 5.16 Å². The molecule has 0 aliphatic heterocycles. The second kappa shape index (κ2) is 7.38. The van der Waals surface area contributed by atoms with Crippen molar-refractivity contribution in [1.29, 1.82) is 0 Å². The summed E-state index contributed by atoms with van der Waals surface area (Å²) in [4.78, 5) is 12.8. The van der Waals surface area contributed by atoms with E-state index in [-0.39, 0.29) is 10.7 Å². The Morgan fingerprint density at radius 1 is 1.16 bits per heavy atom. The van der Waals surface area contributed by atoms with E-state index in [4.69, 9.17) is 52.9 Å². The van der Waals surface area contributed by atoms with Gasteiger partial charge < -0.3 is 20.0 Å². The topological polar surface area (TPSA) is 82.4 Å². The summed E-state index contributed by atoms with van der Waals surface area (Å²) in [5.41, 5.74) is -3.09. The molecule has 1 aromatic rings. The van der Waals surface area contributed by atoms with Gasteiger partial charge >= 0.3 is 6.09 Å². The van der Waals surface area contributed by atoms with Crippen LogP contribution >= 0.6 is 11.6 Å². The first-order chi connectivity index (χ1) is 11.2. The zero-order valence-corrected chi connectivity index (χ0v) is 14.9. The summed E-state index contributed by atoms with van der Waals surface area (Å²) in [6, 6.07) is 5.66. The van der Waals surface area contributed by atoms with Crippen molar-refractivity contribution in [2.75, 3.05) is 0 Å². The maximum absolute atomic E-state index is 12.4. The van der Waals surface area contributed by atoms with Gasteiger partial charge in [0.05, 0.1) is 21.2 Å². The second-order valence-corrected chi connectivity index (χ2v) is 6.75. The van der Waals surface area contributed by atoms with Crippen molar-refractivity contribution in [2.45, 2.75) is 37.2 Å². The van der Waals surface area contributed by atoms with Crippen LogP contribution < -0.4 is 0 Å². The van der Waals surface area contributed by atoms with Crippen LogP contribution in [0.1, 0.15) is 31.9 Å². The minimum atomic E-state index is -2.70. The quantitative estimate of drug-likeness (QED) is 0.274. The number of carbonyl (C=O) groups excluding carboxylic acids is 1. The predicted molar refractivity (Wildman–Crippen MR) is 98.3 cm³/mol. The van der Waals surface area contributed by atoms with Crippen LogP contribution in [0, 0.1) is 0 Å². The van der Waals surface area contributed by atoms with E-state index >= 15 is 0 Å². The number of rotatable bonds is 4. The van der Waals surface area contributed by atoms with Crippen LogP contribution in [0.2, 0.25) is 0 Å². The maximum Gasteiger partial charge on any atom is 0.410 e. The van der Waals surface area contributed by atoms with Crippen molar-refractivity contribution in [3.05, 3.63) is 35.4 Å². The van der Waals surface area contributed by atoms with Gasteiger partial charge in [-0.05, 0) is 31.7 Å². The lowest BCUT2D eigenvalue weighted by atomic mass is 9.54. The molecule has 0 aromatic heterocycles. The SMILES string of the molecule is [B]C([B])(O)N(C(=O)OC(C)(C)C)C([B])([B])c1ccc(/C(Cl)=N/O)cc1. The number of hydrogen-bond acceptors (Lipinski definition) is 5. The summed E-state index contributed by atoms with van der Waals surface area (Å²) in [5, 5.41) is 19.2. The van der Waals surface area contributed by atoms with Gasteiger partial charge in [-0.15, -0.1) is 0 Å². The molecule has 0 fully saturated rings. The van der Waals surface area contributed by atoms with E-state index in [0.717, 1.165) is 0 Å². The summed E-state index contributed by atoms with van der Waals surface area (Å²) in [5.74, 6) is 0. The number of hydrogen-bond donors (Lipinski definition) is 2. The molecule has 0 unspecified atom stereocenters. The van der Waals surface area contributed by atoms with Gasteiger partial charge in [0.25, 0.3) is 0 Å². The summed E-state index contributed by atoms with van der Waals surface area (Å²) in [7, 11) is 22.9. The summed E-state index contributed by atoms with van der Waals surface area (Å²) in [6.07, 6.45) is -1.12. The molecule has 124 valence electrons. The lowest BCUT2D eigenvalue weighted by Gasteiger charge is -2.48. The Bertz CT molecular complexity index is 654. The summed E-state index contributed by atoms with van der Waals surface area (Å²) < 4.78 is 5.15. The van der Waals surface area contributed by atoms with E-state index < -0.39 is 22.6 Å². The van der Waals surface area contributed by atoms with Gasteiger partial charge in [0, 0.05) is 5.56 Å². The molecule has 0 saturated heterocycles. The van der Waals surface area contributed by atoms with E-state index in [1.807, 2.05) is 0 Å². The third-order valence-corrected chi connectivity index (χ3v) is 3.27. The molecular weight excluding hydrogens is 339 g/mol. The molecule has 1 aromatic carbocycles. The fourth-order valence-electron chi connectivity index (χ4n) is 1.96. The number of halogens is 1. The van der Waals surface area contributed by atoms with E-state index in [1.54, 1.807) is 20.8 Å². The largest absolute Gasteiger partial charge is 0.444 e. The molecule has 2 N–H and O–H groups in total. The first kappa shape index (κ1) is 21.5. The van der Waals surface area contributed by atoms with Gasteiger partial charge in [-0.2, -0.15) is 0 Å². The Balaban J connectivity index is 3.30. The molecule has 0 spiro atoms. The summed E-state index contributed by atoms with van der Waals surface area (Å²) in [6.45, 7) is 4.82. The minimum Gasteiger partial charge on any atom is -0.444 e. The highest BCUT2D eigenvalue weighted by Crippen LogP contribution is 2.28. The van der Waals surface area contributed by atoms with Crippen LogP contribution in [0.5, 0.6) is 0 Å². The molecule has 0 aliphatic carbocycles. The molecule has 0 bridgehead atoms. The Morgan fingerprint density at radius 2 is 1.64 bits per heavy atom. The van der Waals surface area contributed by atoms with Gasteiger partial charge in [-0.1, -0.05) is 41.0 Å². The molecule has 1 amide bonds. The second-order valence-electron chi connectivity index (χ2n) is 6.39. The van der Waals surface area contributed by atoms with Gasteiger partial charge in [-0.25, -0.2) is 4.79 Å². The molecular formula is C14H15B4ClN2O4. The van der Waals surface area contributed by atoms with Crippen LogP contribution in [0.15, 0.2) is 29.4 Å². The number of oxime groups is 1. The molecule has 0 atom stereocenters. The number of ether oxygens (including phenoxy) is 1. The fraction of sp³-hybridized carbons (Fsp3) is 0.429. The van der Waals surface area contributed by atoms with Gasteiger partial charge in [0.2, 0.25) is 0 Å². The highest BCUT2D eigenvalue weighted by Gasteiger charge is 2.41. The molecule has 11 heteroatoms. The highest BCUT2D eigenvalue weighted by atomic mass is 35.5. The standard InChI is InChI=1S/C14H15B4ClN2O4/c1-12(2,3)25-11(22)21(14(17,18)23)13(15,16)9-6-4-8(5-7-9)10(19)20-24/h4-7,23-24H,1-3H3/b20-10-. The maximum atomic E-state index is 12.4. The van der Waals surface area contributed by atoms with Crippen molar-refractivity contribution in [2.24, 2.45) is 5.16 Å². The van der Waals surface area contributed by atoms with Crippen molar-refractivity contribution < 1.29 is 19.8 Å². The Hall–Kier alpha value is -1.53. The van der Waals surface area contributed by atoms with Crippen LogP contribution in [-0.4, -0.2) is 69.0 Å². The highest BCUT2D eigenvalue weighted by molar-refractivity contribution is 6.69. The fourth-order valence-corrected chi connectivity index (χ4v) is 2.09. The Morgan fingerprint density at radius 3 is 2.00 bits per heavy atom. The van der Waals surface area contributed by atoms with Crippen LogP contribution in [0.25, 0.3) is 0 Å². The van der Waals surface area contributed by atoms with E-state index in [9.17, 15) is 9.90 Å². The molecule has 6 nitrogen and oxygen atoms in total. The third kappa shape index (κ3) is 5.47. The number of nitrogens with zero attached hydrogens (tertiary/aromatic N) is 2. The molecule has 0 aliphatic rings. The zero-order valence-electron chi connectivity index (χ0n) is 14.1. The van der Waals surface area contributed by atoms with Crippen molar-refractivity contribution in [3.63, 3.8) is 0 Å². The predicted octanol–water partition coefficient (Wildman–Crippen LogP) is 0.686. The van der Waals surface area contributed by atoms with Gasteiger partial charge in [0.15, 0.2) is 5.17 Å². The van der Waals surface area contributed by atoms with E-state index in [1.165, 1.54) is 24.3 Å². The number of benzene rings is 1. The number of aliphatic hydroxyl groups is 1. The molecule has 0 heterocycles. The van der Waals surface area contributed by atoms with Gasteiger partial charge in [0.1, 0.15) is 21.3 Å². The number of carbonyl (C=O) groups is 1. The average Bonchev–Trinajstić information content (AvgIpc) is 2.42. The summed E-state index contributed by atoms with van der Waals surface area (Å²) >= 11 is 5.69. The molecule has 8 radical (unpaired) electrons. The van der Waals surface area contributed by atoms with E-state index in [0.29, 0.717) is 10.5 Å². The lowest BCUT2D eigenvalue weighted by molar-refractivity contribution is -0.0307. The van der Waals surface area contributed by atoms with Crippen molar-refractivity contribution in [3.8, 4) is 0 Å². The first-order valence-corrected chi connectivity index (χ1v) is 7.47. The minimum absolute atomic E-state index is 0.152. The van der Waals surface area contributed by atoms with Gasteiger partial charge in [-0.3, -0.25) is 0 Å². The Kier molecular flexibility index (Phi) is 6.35. The van der Waals surface area contributed by atoms with Crippen molar-refractivity contribution in [1.82, 2.24) is 4.90 Å². The number of amides is 1. The lowest BCUT2D eigenvalue weighted by Crippen LogP contribution is -2.64.